The Balaban J connectivity index is 2.06. The first-order valence-corrected chi connectivity index (χ1v) is 7.18. The van der Waals surface area contributed by atoms with Crippen molar-refractivity contribution < 1.29 is 4.79 Å². The summed E-state index contributed by atoms with van der Waals surface area (Å²) in [5.41, 5.74) is 1.05. The fraction of sp³-hybridized carbons (Fsp3) is 0.412. The minimum atomic E-state index is -0.255. The molecule has 1 aromatic rings. The molecular weight excluding hydrogens is 248 g/mol. The van der Waals surface area contributed by atoms with E-state index in [-0.39, 0.29) is 17.5 Å². The van der Waals surface area contributed by atoms with Crippen LogP contribution < -0.4 is 5.32 Å². The van der Waals surface area contributed by atoms with E-state index in [0.29, 0.717) is 5.92 Å². The van der Waals surface area contributed by atoms with E-state index in [9.17, 15) is 10.1 Å². The predicted molar refractivity (Wildman–Crippen MR) is 79.6 cm³/mol. The Morgan fingerprint density at radius 1 is 1.30 bits per heavy atom. The summed E-state index contributed by atoms with van der Waals surface area (Å²) in [7, 11) is 0. The van der Waals surface area contributed by atoms with E-state index in [0.717, 1.165) is 24.8 Å². The zero-order valence-corrected chi connectivity index (χ0v) is 11.8. The van der Waals surface area contributed by atoms with Crippen LogP contribution in [0.15, 0.2) is 35.9 Å². The second-order valence-electron chi connectivity index (χ2n) is 5.42. The van der Waals surface area contributed by atoms with Crippen molar-refractivity contribution >= 4 is 12.0 Å². The van der Waals surface area contributed by atoms with Gasteiger partial charge in [-0.2, -0.15) is 5.26 Å². The highest BCUT2D eigenvalue weighted by atomic mass is 16.1. The Bertz CT molecular complexity index is 528. The summed E-state index contributed by atoms with van der Waals surface area (Å²) in [6.45, 7) is 2.16. The molecule has 1 aliphatic rings. The molecule has 0 saturated heterocycles. The van der Waals surface area contributed by atoms with Gasteiger partial charge in [-0.15, -0.1) is 0 Å². The van der Waals surface area contributed by atoms with E-state index < -0.39 is 0 Å². The molecule has 2 unspecified atom stereocenters. The summed E-state index contributed by atoms with van der Waals surface area (Å²) in [5, 5.41) is 12.2. The van der Waals surface area contributed by atoms with Gasteiger partial charge < -0.3 is 5.32 Å². The third-order valence-corrected chi connectivity index (χ3v) is 3.90. The number of amides is 1. The van der Waals surface area contributed by atoms with Crippen LogP contribution in [0.2, 0.25) is 0 Å². The van der Waals surface area contributed by atoms with Crippen molar-refractivity contribution in [3.63, 3.8) is 0 Å². The first-order valence-electron chi connectivity index (χ1n) is 7.18. The van der Waals surface area contributed by atoms with Crippen LogP contribution in [-0.2, 0) is 4.79 Å². The van der Waals surface area contributed by atoms with E-state index in [1.54, 1.807) is 6.08 Å². The summed E-state index contributed by atoms with van der Waals surface area (Å²) in [6.07, 6.45) is 6.19. The number of benzene rings is 1. The van der Waals surface area contributed by atoms with E-state index in [4.69, 9.17) is 0 Å². The largest absolute Gasteiger partial charge is 0.348 e. The van der Waals surface area contributed by atoms with Gasteiger partial charge in [-0.3, -0.25) is 4.79 Å². The third kappa shape index (κ3) is 3.71. The number of rotatable bonds is 3. The molecule has 104 valence electrons. The number of nitriles is 1. The van der Waals surface area contributed by atoms with E-state index in [1.807, 2.05) is 36.4 Å². The van der Waals surface area contributed by atoms with Gasteiger partial charge in [0.2, 0.25) is 0 Å². The molecular formula is C17H20N2O. The SMILES string of the molecule is CC1CCCCC1NC(=O)/C(C#N)=C/c1ccccc1. The number of carbonyl (C=O) groups is 1. The first-order chi connectivity index (χ1) is 9.70. The molecule has 1 saturated carbocycles. The van der Waals surface area contributed by atoms with Crippen LogP contribution in [0, 0.1) is 17.2 Å². The summed E-state index contributed by atoms with van der Waals surface area (Å²) in [5.74, 6) is 0.236. The molecule has 0 heterocycles. The molecule has 1 fully saturated rings. The fourth-order valence-corrected chi connectivity index (χ4v) is 2.64. The van der Waals surface area contributed by atoms with Crippen molar-refractivity contribution in [2.75, 3.05) is 0 Å². The van der Waals surface area contributed by atoms with Crippen molar-refractivity contribution in [2.45, 2.75) is 38.6 Å². The highest BCUT2D eigenvalue weighted by Crippen LogP contribution is 2.24. The smallest absolute Gasteiger partial charge is 0.262 e. The number of nitrogens with one attached hydrogen (secondary N) is 1. The molecule has 1 aliphatic carbocycles. The molecule has 0 radical (unpaired) electrons. The molecule has 1 amide bonds. The lowest BCUT2D eigenvalue weighted by Gasteiger charge is -2.29. The lowest BCUT2D eigenvalue weighted by molar-refractivity contribution is -0.118. The van der Waals surface area contributed by atoms with Crippen LogP contribution in [0.3, 0.4) is 0 Å². The van der Waals surface area contributed by atoms with Crippen molar-refractivity contribution in [1.82, 2.24) is 5.32 Å². The van der Waals surface area contributed by atoms with Gasteiger partial charge in [0.15, 0.2) is 0 Å². The second kappa shape index (κ2) is 6.91. The number of carbonyl (C=O) groups excluding carboxylic acids is 1. The minimum Gasteiger partial charge on any atom is -0.348 e. The van der Waals surface area contributed by atoms with Crippen molar-refractivity contribution in [3.8, 4) is 6.07 Å². The predicted octanol–water partition coefficient (Wildman–Crippen LogP) is 3.29. The van der Waals surface area contributed by atoms with Gasteiger partial charge in [0.05, 0.1) is 0 Å². The highest BCUT2D eigenvalue weighted by Gasteiger charge is 2.23. The Hall–Kier alpha value is -2.08. The summed E-state index contributed by atoms with van der Waals surface area (Å²) < 4.78 is 0. The van der Waals surface area contributed by atoms with Crippen LogP contribution in [0.1, 0.15) is 38.2 Å². The van der Waals surface area contributed by atoms with Crippen LogP contribution in [0.4, 0.5) is 0 Å². The molecule has 3 nitrogen and oxygen atoms in total. The summed E-state index contributed by atoms with van der Waals surface area (Å²) in [4.78, 5) is 12.2. The fourth-order valence-electron chi connectivity index (χ4n) is 2.64. The van der Waals surface area contributed by atoms with Gasteiger partial charge in [0, 0.05) is 6.04 Å². The summed E-state index contributed by atoms with van der Waals surface area (Å²) in [6, 6.07) is 11.7. The van der Waals surface area contributed by atoms with Gasteiger partial charge in [0.1, 0.15) is 11.6 Å². The molecule has 1 aromatic carbocycles. The zero-order valence-electron chi connectivity index (χ0n) is 11.8. The van der Waals surface area contributed by atoms with Crippen molar-refractivity contribution in [2.24, 2.45) is 5.92 Å². The topological polar surface area (TPSA) is 52.9 Å². The van der Waals surface area contributed by atoms with Crippen LogP contribution in [0.5, 0.6) is 0 Å². The molecule has 3 heteroatoms. The maximum atomic E-state index is 12.2. The highest BCUT2D eigenvalue weighted by molar-refractivity contribution is 6.01. The maximum Gasteiger partial charge on any atom is 0.262 e. The van der Waals surface area contributed by atoms with Crippen LogP contribution >= 0.6 is 0 Å². The third-order valence-electron chi connectivity index (χ3n) is 3.90. The van der Waals surface area contributed by atoms with Gasteiger partial charge in [-0.25, -0.2) is 0 Å². The van der Waals surface area contributed by atoms with E-state index in [1.165, 1.54) is 6.42 Å². The number of nitrogens with zero attached hydrogens (tertiary/aromatic N) is 1. The Morgan fingerprint density at radius 3 is 2.65 bits per heavy atom. The summed E-state index contributed by atoms with van der Waals surface area (Å²) >= 11 is 0. The maximum absolute atomic E-state index is 12.2. The normalized spacial score (nSPS) is 22.9. The molecule has 0 aliphatic heterocycles. The van der Waals surface area contributed by atoms with Crippen LogP contribution in [0.25, 0.3) is 6.08 Å². The molecule has 0 aromatic heterocycles. The molecule has 2 atom stereocenters. The standard InChI is InChI=1S/C17H20N2O/c1-13-7-5-6-10-16(13)19-17(20)15(12-18)11-14-8-3-2-4-9-14/h2-4,8-9,11,13,16H,5-7,10H2,1H3,(H,19,20)/b15-11+. The van der Waals surface area contributed by atoms with E-state index in [2.05, 4.69) is 12.2 Å². The Kier molecular flexibility index (Phi) is 4.95. The van der Waals surface area contributed by atoms with Crippen LogP contribution in [-0.4, -0.2) is 11.9 Å². The average molecular weight is 268 g/mol. The molecule has 1 N–H and O–H groups in total. The van der Waals surface area contributed by atoms with Crippen molar-refractivity contribution in [3.05, 3.63) is 41.5 Å². The molecule has 0 bridgehead atoms. The lowest BCUT2D eigenvalue weighted by Crippen LogP contribution is -2.41. The number of hydrogen-bond donors (Lipinski definition) is 1. The van der Waals surface area contributed by atoms with Gasteiger partial charge in [-0.1, -0.05) is 50.1 Å². The zero-order chi connectivity index (χ0) is 14.4. The van der Waals surface area contributed by atoms with Gasteiger partial charge in [-0.05, 0) is 30.4 Å². The quantitative estimate of drug-likeness (QED) is 0.675. The lowest BCUT2D eigenvalue weighted by atomic mass is 9.86. The Morgan fingerprint density at radius 2 is 2.00 bits per heavy atom. The number of hydrogen-bond acceptors (Lipinski definition) is 2. The van der Waals surface area contributed by atoms with E-state index >= 15 is 0 Å². The van der Waals surface area contributed by atoms with Gasteiger partial charge in [0.25, 0.3) is 5.91 Å². The molecule has 0 spiro atoms. The second-order valence-corrected chi connectivity index (χ2v) is 5.42. The first kappa shape index (κ1) is 14.3. The van der Waals surface area contributed by atoms with Gasteiger partial charge >= 0.3 is 0 Å². The Labute approximate surface area is 120 Å². The minimum absolute atomic E-state index is 0.175. The monoisotopic (exact) mass is 268 g/mol. The average Bonchev–Trinajstić information content (AvgIpc) is 2.48. The molecule has 20 heavy (non-hydrogen) atoms. The van der Waals surface area contributed by atoms with Crippen molar-refractivity contribution in [1.29, 1.82) is 5.26 Å². The molecule has 2 rings (SSSR count).